The van der Waals surface area contributed by atoms with E-state index in [4.69, 9.17) is 4.74 Å². The smallest absolute Gasteiger partial charge is 0.289 e. The van der Waals surface area contributed by atoms with Crippen molar-refractivity contribution in [1.29, 1.82) is 0 Å². The van der Waals surface area contributed by atoms with Gasteiger partial charge in [0.05, 0.1) is 17.7 Å². The van der Waals surface area contributed by atoms with Gasteiger partial charge in [-0.2, -0.15) is 0 Å². The van der Waals surface area contributed by atoms with E-state index in [0.717, 1.165) is 29.1 Å². The molecule has 1 aliphatic rings. The van der Waals surface area contributed by atoms with Gasteiger partial charge in [0.15, 0.2) is 5.13 Å². The number of benzene rings is 1. The average molecular weight is 450 g/mol. The fourth-order valence-corrected chi connectivity index (χ4v) is 4.26. The van der Waals surface area contributed by atoms with Crippen LogP contribution in [-0.2, 0) is 4.74 Å². The number of morpholine rings is 1. The summed E-state index contributed by atoms with van der Waals surface area (Å²) in [7, 11) is 0. The molecule has 27 heavy (non-hydrogen) atoms. The molecule has 4 rings (SSSR count). The Balaban J connectivity index is 1.40. The number of para-hydroxylation sites is 1. The number of nitrogens with zero attached hydrogens (tertiary/aromatic N) is 2. The molecule has 2 amide bonds. The molecule has 0 radical (unpaired) electrons. The van der Waals surface area contributed by atoms with E-state index in [1.54, 1.807) is 5.38 Å². The van der Waals surface area contributed by atoms with E-state index >= 15 is 0 Å². The number of rotatable bonds is 3. The van der Waals surface area contributed by atoms with E-state index in [9.17, 15) is 9.59 Å². The molecule has 3 N–H and O–H groups in total. The van der Waals surface area contributed by atoms with Gasteiger partial charge in [0.25, 0.3) is 11.8 Å². The summed E-state index contributed by atoms with van der Waals surface area (Å²) in [5.41, 5.74) is 6.25. The first-order valence-corrected chi connectivity index (χ1v) is 9.96. The van der Waals surface area contributed by atoms with Gasteiger partial charge in [-0.1, -0.05) is 18.2 Å². The zero-order chi connectivity index (χ0) is 18.8. The number of halogens is 1. The van der Waals surface area contributed by atoms with Crippen LogP contribution in [0.25, 0.3) is 10.9 Å². The number of carbonyl (C=O) groups is 2. The van der Waals surface area contributed by atoms with Gasteiger partial charge in [-0.3, -0.25) is 20.4 Å². The monoisotopic (exact) mass is 449 g/mol. The van der Waals surface area contributed by atoms with Crippen molar-refractivity contribution in [3.63, 3.8) is 0 Å². The number of aromatic nitrogens is 2. The predicted molar refractivity (Wildman–Crippen MR) is 106 cm³/mol. The van der Waals surface area contributed by atoms with Crippen molar-refractivity contribution in [2.24, 2.45) is 0 Å². The first-order chi connectivity index (χ1) is 13.1. The number of H-pyrrole nitrogens is 1. The Morgan fingerprint density at radius 1 is 1.19 bits per heavy atom. The van der Waals surface area contributed by atoms with Crippen LogP contribution in [0.4, 0.5) is 5.13 Å². The molecule has 3 aromatic rings. The molecule has 1 aromatic carbocycles. The van der Waals surface area contributed by atoms with E-state index in [0.29, 0.717) is 23.4 Å². The molecule has 0 saturated carbocycles. The van der Waals surface area contributed by atoms with Gasteiger partial charge in [0, 0.05) is 29.4 Å². The lowest BCUT2D eigenvalue weighted by Gasteiger charge is -2.25. The third-order valence-electron chi connectivity index (χ3n) is 4.17. The second-order valence-electron chi connectivity index (χ2n) is 5.88. The lowest BCUT2D eigenvalue weighted by molar-refractivity contribution is 0.0841. The zero-order valence-electron chi connectivity index (χ0n) is 14.1. The molecule has 0 spiro atoms. The molecule has 1 saturated heterocycles. The predicted octanol–water partition coefficient (Wildman–Crippen LogP) is 2.30. The van der Waals surface area contributed by atoms with Crippen molar-refractivity contribution in [2.45, 2.75) is 0 Å². The molecule has 8 nitrogen and oxygen atoms in total. The number of thiazole rings is 1. The standard InChI is InChI=1S/C17H16BrN5O3S/c18-13-10-3-1-2-4-11(10)19-14(13)16(25)22-21-15(24)12-9-27-17(20-12)23-5-7-26-8-6-23/h1-4,9,19H,5-8H2,(H,21,24)(H,22,25). The highest BCUT2D eigenvalue weighted by Gasteiger charge is 2.19. The van der Waals surface area contributed by atoms with Crippen LogP contribution in [0.3, 0.4) is 0 Å². The van der Waals surface area contributed by atoms with Crippen molar-refractivity contribution >= 4 is 55.1 Å². The number of nitrogens with one attached hydrogen (secondary N) is 3. The summed E-state index contributed by atoms with van der Waals surface area (Å²) in [5, 5.41) is 3.34. The third-order valence-corrected chi connectivity index (χ3v) is 5.89. The first kappa shape index (κ1) is 18.0. The molecular weight excluding hydrogens is 434 g/mol. The average Bonchev–Trinajstić information content (AvgIpc) is 3.32. The molecule has 2 aromatic heterocycles. The van der Waals surface area contributed by atoms with E-state index in [-0.39, 0.29) is 5.69 Å². The quantitative estimate of drug-likeness (QED) is 0.532. The van der Waals surface area contributed by atoms with Crippen molar-refractivity contribution in [1.82, 2.24) is 20.8 Å². The highest BCUT2D eigenvalue weighted by Crippen LogP contribution is 2.27. The highest BCUT2D eigenvalue weighted by atomic mass is 79.9. The topological polar surface area (TPSA) is 99.4 Å². The second kappa shape index (κ2) is 7.67. The minimum Gasteiger partial charge on any atom is -0.378 e. The SMILES string of the molecule is O=C(NNC(=O)c1[nH]c2ccccc2c1Br)c1csc(N2CCOCC2)n1. The van der Waals surface area contributed by atoms with Crippen LogP contribution in [-0.4, -0.2) is 48.1 Å². The Bertz CT molecular complexity index is 996. The minimum atomic E-state index is -0.466. The summed E-state index contributed by atoms with van der Waals surface area (Å²) < 4.78 is 5.96. The van der Waals surface area contributed by atoms with Gasteiger partial charge in [-0.25, -0.2) is 4.98 Å². The van der Waals surface area contributed by atoms with Crippen LogP contribution in [0, 0.1) is 0 Å². The van der Waals surface area contributed by atoms with Crippen molar-refractivity contribution in [2.75, 3.05) is 31.2 Å². The molecule has 140 valence electrons. The van der Waals surface area contributed by atoms with E-state index in [2.05, 4.69) is 41.6 Å². The molecule has 0 aliphatic carbocycles. The Morgan fingerprint density at radius 2 is 1.93 bits per heavy atom. The maximum atomic E-state index is 12.4. The number of ether oxygens (including phenoxy) is 1. The molecule has 0 atom stereocenters. The van der Waals surface area contributed by atoms with Crippen LogP contribution < -0.4 is 15.8 Å². The van der Waals surface area contributed by atoms with Crippen molar-refractivity contribution < 1.29 is 14.3 Å². The fraction of sp³-hybridized carbons (Fsp3) is 0.235. The summed E-state index contributed by atoms with van der Waals surface area (Å²) in [6, 6.07) is 7.54. The van der Waals surface area contributed by atoms with Gasteiger partial charge in [0.1, 0.15) is 11.4 Å². The molecule has 1 aliphatic heterocycles. The molecule has 0 unspecified atom stereocenters. The Morgan fingerprint density at radius 3 is 2.70 bits per heavy atom. The largest absolute Gasteiger partial charge is 0.378 e. The normalized spacial score (nSPS) is 14.3. The van der Waals surface area contributed by atoms with Crippen molar-refractivity contribution in [3.8, 4) is 0 Å². The highest BCUT2D eigenvalue weighted by molar-refractivity contribution is 9.10. The summed E-state index contributed by atoms with van der Waals surface area (Å²) in [5.74, 6) is -0.915. The lowest BCUT2D eigenvalue weighted by Crippen LogP contribution is -2.42. The molecule has 0 bridgehead atoms. The van der Waals surface area contributed by atoms with Gasteiger partial charge in [-0.15, -0.1) is 11.3 Å². The number of hydrazine groups is 1. The number of hydrogen-bond donors (Lipinski definition) is 3. The summed E-state index contributed by atoms with van der Waals surface area (Å²) in [6.07, 6.45) is 0. The summed E-state index contributed by atoms with van der Waals surface area (Å²) >= 11 is 4.81. The van der Waals surface area contributed by atoms with Gasteiger partial charge >= 0.3 is 0 Å². The van der Waals surface area contributed by atoms with Gasteiger partial charge in [-0.05, 0) is 22.0 Å². The Hall–Kier alpha value is -2.43. The number of anilines is 1. The van der Waals surface area contributed by atoms with E-state index in [1.165, 1.54) is 11.3 Å². The van der Waals surface area contributed by atoms with Crippen LogP contribution in [0.5, 0.6) is 0 Å². The third kappa shape index (κ3) is 3.68. The summed E-state index contributed by atoms with van der Waals surface area (Å²) in [4.78, 5) is 34.1. The fourth-order valence-electron chi connectivity index (χ4n) is 2.77. The lowest BCUT2D eigenvalue weighted by atomic mass is 10.2. The van der Waals surface area contributed by atoms with Crippen LogP contribution in [0.2, 0.25) is 0 Å². The number of hydrogen-bond acceptors (Lipinski definition) is 6. The summed E-state index contributed by atoms with van der Waals surface area (Å²) in [6.45, 7) is 2.80. The number of amides is 2. The van der Waals surface area contributed by atoms with Crippen LogP contribution in [0.15, 0.2) is 34.1 Å². The number of fused-ring (bicyclic) bond motifs is 1. The molecular formula is C17H16BrN5O3S. The number of aromatic amines is 1. The minimum absolute atomic E-state index is 0.262. The Kier molecular flexibility index (Phi) is 5.10. The maximum Gasteiger partial charge on any atom is 0.289 e. The van der Waals surface area contributed by atoms with Crippen LogP contribution >= 0.6 is 27.3 Å². The molecule has 1 fully saturated rings. The van der Waals surface area contributed by atoms with E-state index in [1.807, 2.05) is 24.3 Å². The molecule has 10 heteroatoms. The second-order valence-corrected chi connectivity index (χ2v) is 7.51. The number of carbonyl (C=O) groups excluding carboxylic acids is 2. The van der Waals surface area contributed by atoms with Gasteiger partial charge < -0.3 is 14.6 Å². The first-order valence-electron chi connectivity index (χ1n) is 8.28. The zero-order valence-corrected chi connectivity index (χ0v) is 16.5. The van der Waals surface area contributed by atoms with Crippen LogP contribution in [0.1, 0.15) is 21.0 Å². The maximum absolute atomic E-state index is 12.4. The van der Waals surface area contributed by atoms with Crippen molar-refractivity contribution in [3.05, 3.63) is 45.5 Å². The molecule has 3 heterocycles. The van der Waals surface area contributed by atoms with Gasteiger partial charge in [0.2, 0.25) is 0 Å². The Labute approximate surface area is 167 Å². The van der Waals surface area contributed by atoms with E-state index < -0.39 is 11.8 Å².